The molecule has 0 heterocycles. The molecular weight excluding hydrogens is 174 g/mol. The molecule has 5 nitrogen and oxygen atoms in total. The van der Waals surface area contributed by atoms with E-state index in [2.05, 4.69) is 4.74 Å². The maximum atomic E-state index is 11.0. The molecule has 0 aliphatic carbocycles. The Kier molecular flexibility index (Phi) is 5.88. The Morgan fingerprint density at radius 1 is 1.54 bits per heavy atom. The van der Waals surface area contributed by atoms with Crippen molar-refractivity contribution < 1.29 is 19.4 Å². The highest BCUT2D eigenvalue weighted by atomic mass is 16.5. The summed E-state index contributed by atoms with van der Waals surface area (Å²) in [5.41, 5.74) is 5.42. The van der Waals surface area contributed by atoms with Crippen LogP contribution in [0.3, 0.4) is 0 Å². The van der Waals surface area contributed by atoms with Gasteiger partial charge in [0.2, 0.25) is 0 Å². The molecule has 13 heavy (non-hydrogen) atoms. The van der Waals surface area contributed by atoms with Gasteiger partial charge in [-0.15, -0.1) is 0 Å². The highest BCUT2D eigenvalue weighted by Gasteiger charge is 2.13. The smallest absolute Gasteiger partial charge is 0.322 e. The minimum absolute atomic E-state index is 0.106. The van der Waals surface area contributed by atoms with E-state index in [4.69, 9.17) is 10.8 Å². The monoisotopic (exact) mass is 189 g/mol. The van der Waals surface area contributed by atoms with Crippen molar-refractivity contribution >= 4 is 11.9 Å². The Balaban J connectivity index is 3.55. The molecule has 0 saturated carbocycles. The molecule has 0 rings (SSSR count). The van der Waals surface area contributed by atoms with Crippen molar-refractivity contribution in [2.24, 2.45) is 5.73 Å². The van der Waals surface area contributed by atoms with Crippen LogP contribution in [0.5, 0.6) is 0 Å². The van der Waals surface area contributed by atoms with Gasteiger partial charge in [-0.2, -0.15) is 0 Å². The summed E-state index contributed by atoms with van der Waals surface area (Å²) in [6, 6.07) is -0.626. The quantitative estimate of drug-likeness (QED) is 0.580. The molecular formula is C8H15NO4. The van der Waals surface area contributed by atoms with E-state index in [1.165, 1.54) is 0 Å². The van der Waals surface area contributed by atoms with Gasteiger partial charge in [-0.3, -0.25) is 9.59 Å². The Morgan fingerprint density at radius 2 is 2.15 bits per heavy atom. The molecule has 0 aromatic rings. The van der Waals surface area contributed by atoms with Gasteiger partial charge in [0.15, 0.2) is 0 Å². The summed E-state index contributed by atoms with van der Waals surface area (Å²) in [6.45, 7) is 1.80. The number of carboxylic acid groups (broad SMARTS) is 1. The van der Waals surface area contributed by atoms with Crippen molar-refractivity contribution in [3.05, 3.63) is 0 Å². The average Bonchev–Trinajstić information content (AvgIpc) is 2.04. The normalized spacial score (nSPS) is 12.2. The SMILES string of the molecule is CCCC(N)C(=O)OCCC(=O)O. The molecule has 0 fully saturated rings. The third-order valence-corrected chi connectivity index (χ3v) is 1.46. The molecule has 0 bridgehead atoms. The zero-order chi connectivity index (χ0) is 10.3. The molecule has 0 saturated heterocycles. The van der Waals surface area contributed by atoms with Crippen LogP contribution in [0.25, 0.3) is 0 Å². The molecule has 0 aromatic carbocycles. The third-order valence-electron chi connectivity index (χ3n) is 1.46. The minimum Gasteiger partial charge on any atom is -0.481 e. The van der Waals surface area contributed by atoms with Crippen LogP contribution in [0.1, 0.15) is 26.2 Å². The second-order valence-electron chi connectivity index (χ2n) is 2.71. The van der Waals surface area contributed by atoms with Gasteiger partial charge in [0.1, 0.15) is 12.6 Å². The first-order valence-electron chi connectivity index (χ1n) is 4.22. The number of carbonyl (C=O) groups is 2. The Hall–Kier alpha value is -1.10. The van der Waals surface area contributed by atoms with E-state index in [-0.39, 0.29) is 13.0 Å². The van der Waals surface area contributed by atoms with Gasteiger partial charge in [0.25, 0.3) is 0 Å². The number of aliphatic carboxylic acids is 1. The maximum absolute atomic E-state index is 11.0. The van der Waals surface area contributed by atoms with Gasteiger partial charge in [-0.1, -0.05) is 13.3 Å². The van der Waals surface area contributed by atoms with Crippen LogP contribution in [-0.4, -0.2) is 29.7 Å². The van der Waals surface area contributed by atoms with Gasteiger partial charge in [0, 0.05) is 0 Å². The lowest BCUT2D eigenvalue weighted by Crippen LogP contribution is -2.32. The summed E-state index contributed by atoms with van der Waals surface area (Å²) in [7, 11) is 0. The van der Waals surface area contributed by atoms with E-state index in [0.29, 0.717) is 6.42 Å². The summed E-state index contributed by atoms with van der Waals surface area (Å²) >= 11 is 0. The summed E-state index contributed by atoms with van der Waals surface area (Å²) in [5, 5.41) is 8.25. The maximum Gasteiger partial charge on any atom is 0.322 e. The topological polar surface area (TPSA) is 89.6 Å². The predicted octanol–water partition coefficient (Wildman–Crippen LogP) is 0.132. The average molecular weight is 189 g/mol. The van der Waals surface area contributed by atoms with Crippen molar-refractivity contribution in [3.8, 4) is 0 Å². The first kappa shape index (κ1) is 11.9. The van der Waals surface area contributed by atoms with E-state index in [1.54, 1.807) is 0 Å². The van der Waals surface area contributed by atoms with Gasteiger partial charge in [-0.05, 0) is 6.42 Å². The zero-order valence-corrected chi connectivity index (χ0v) is 7.66. The predicted molar refractivity (Wildman–Crippen MR) is 46.1 cm³/mol. The largest absolute Gasteiger partial charge is 0.481 e. The molecule has 0 spiro atoms. The summed E-state index contributed by atoms with van der Waals surface area (Å²) in [5.74, 6) is -1.51. The van der Waals surface area contributed by atoms with E-state index in [0.717, 1.165) is 6.42 Å². The molecule has 0 amide bonds. The first-order chi connectivity index (χ1) is 6.07. The van der Waals surface area contributed by atoms with Crippen LogP contribution in [0.15, 0.2) is 0 Å². The van der Waals surface area contributed by atoms with Crippen LogP contribution >= 0.6 is 0 Å². The molecule has 0 aromatic heterocycles. The number of hydrogen-bond donors (Lipinski definition) is 2. The van der Waals surface area contributed by atoms with Gasteiger partial charge in [-0.25, -0.2) is 0 Å². The van der Waals surface area contributed by atoms with E-state index in [9.17, 15) is 9.59 Å². The fourth-order valence-corrected chi connectivity index (χ4v) is 0.775. The molecule has 1 unspecified atom stereocenters. The number of rotatable bonds is 6. The number of carboxylic acids is 1. The summed E-state index contributed by atoms with van der Waals surface area (Å²) in [4.78, 5) is 21.0. The fourth-order valence-electron chi connectivity index (χ4n) is 0.775. The molecule has 0 radical (unpaired) electrons. The Labute approximate surface area is 76.9 Å². The number of carbonyl (C=O) groups excluding carboxylic acids is 1. The minimum atomic E-state index is -0.989. The molecule has 0 aliphatic rings. The van der Waals surface area contributed by atoms with E-state index >= 15 is 0 Å². The lowest BCUT2D eigenvalue weighted by molar-refractivity contribution is -0.147. The molecule has 5 heteroatoms. The van der Waals surface area contributed by atoms with Crippen molar-refractivity contribution in [1.82, 2.24) is 0 Å². The van der Waals surface area contributed by atoms with Gasteiger partial charge < -0.3 is 15.6 Å². The van der Waals surface area contributed by atoms with E-state index < -0.39 is 18.0 Å². The lowest BCUT2D eigenvalue weighted by Gasteiger charge is -2.08. The fraction of sp³-hybridized carbons (Fsp3) is 0.750. The van der Waals surface area contributed by atoms with Crippen molar-refractivity contribution in [1.29, 1.82) is 0 Å². The number of hydrogen-bond acceptors (Lipinski definition) is 4. The molecule has 76 valence electrons. The van der Waals surface area contributed by atoms with Crippen LogP contribution in [0.4, 0.5) is 0 Å². The second kappa shape index (κ2) is 6.42. The van der Waals surface area contributed by atoms with Crippen LogP contribution in [-0.2, 0) is 14.3 Å². The van der Waals surface area contributed by atoms with Crippen LogP contribution in [0.2, 0.25) is 0 Å². The van der Waals surface area contributed by atoms with Gasteiger partial charge in [0.05, 0.1) is 6.42 Å². The Bertz CT molecular complexity index is 181. The molecule has 1 atom stereocenters. The summed E-state index contributed by atoms with van der Waals surface area (Å²) < 4.78 is 4.62. The third kappa shape index (κ3) is 6.10. The molecule has 3 N–H and O–H groups in total. The zero-order valence-electron chi connectivity index (χ0n) is 7.66. The second-order valence-corrected chi connectivity index (χ2v) is 2.71. The lowest BCUT2D eigenvalue weighted by atomic mass is 10.2. The standard InChI is InChI=1S/C8H15NO4/c1-2-3-6(9)8(12)13-5-4-7(10)11/h6H,2-5,9H2,1H3,(H,10,11). The number of nitrogens with two attached hydrogens (primary N) is 1. The van der Waals surface area contributed by atoms with Crippen molar-refractivity contribution in [3.63, 3.8) is 0 Å². The number of esters is 1. The van der Waals surface area contributed by atoms with Crippen LogP contribution < -0.4 is 5.73 Å². The highest BCUT2D eigenvalue weighted by Crippen LogP contribution is 1.96. The van der Waals surface area contributed by atoms with Crippen molar-refractivity contribution in [2.45, 2.75) is 32.2 Å². The Morgan fingerprint density at radius 3 is 2.62 bits per heavy atom. The summed E-state index contributed by atoms with van der Waals surface area (Å²) in [6.07, 6.45) is 1.19. The van der Waals surface area contributed by atoms with Crippen LogP contribution in [0, 0.1) is 0 Å². The first-order valence-corrected chi connectivity index (χ1v) is 4.22. The highest BCUT2D eigenvalue weighted by molar-refractivity contribution is 5.75. The van der Waals surface area contributed by atoms with Gasteiger partial charge >= 0.3 is 11.9 Å². The van der Waals surface area contributed by atoms with Crippen molar-refractivity contribution in [2.75, 3.05) is 6.61 Å². The molecule has 0 aliphatic heterocycles. The number of ether oxygens (including phenoxy) is 1. The van der Waals surface area contributed by atoms with E-state index in [1.807, 2.05) is 6.92 Å².